The van der Waals surface area contributed by atoms with Crippen LogP contribution < -0.4 is 15.2 Å². The number of carbonyl (C=O) groups excluding carboxylic acids is 1. The van der Waals surface area contributed by atoms with Crippen LogP contribution in [0.25, 0.3) is 33.3 Å². The summed E-state index contributed by atoms with van der Waals surface area (Å²) in [4.78, 5) is 27.9. The molecule has 8 N–H and O–H groups in total. The van der Waals surface area contributed by atoms with Gasteiger partial charge in [0.2, 0.25) is 6.41 Å². The monoisotopic (exact) mass is 677 g/mol. The molecule has 1 aliphatic heterocycles. The number of amides is 1. The standard InChI is InChI=1S/C33H45N10O6/c1-3-41-24-6-5-20(13-25(24)42(4-2)28(41)17-40(19-45)33-31(34)38-32-23(37-33)7-10-35-32)21-14-36-43(15-21)22-8-11-39(12-9-22)16-26(46)29(48)30(49)27(47)18-44/h5-7,10,13-15,19,22,26-27,29-30,44,46-49H,3-4,8-9,11-12,16-18H2,1-2H3,(H3,34,35,38)/q+1/t26-,27+,29+,30+/m0/s1. The van der Waals surface area contributed by atoms with Crippen molar-refractivity contribution in [2.75, 3.05) is 36.9 Å². The summed E-state index contributed by atoms with van der Waals surface area (Å²) in [6.07, 6.45) is 1.94. The Kier molecular flexibility index (Phi) is 10.2. The predicted molar refractivity (Wildman–Crippen MR) is 181 cm³/mol. The number of aliphatic hydroxyl groups is 5. The minimum atomic E-state index is -1.64. The Hall–Kier alpha value is -4.45. The highest BCUT2D eigenvalue weighted by molar-refractivity contribution is 5.84. The second-order valence-electron chi connectivity index (χ2n) is 12.5. The smallest absolute Gasteiger partial charge is 0.277 e. The third kappa shape index (κ3) is 6.75. The Morgan fingerprint density at radius 1 is 1.08 bits per heavy atom. The number of aliphatic hydroxyl groups excluding tert-OH is 5. The van der Waals surface area contributed by atoms with Gasteiger partial charge in [-0.3, -0.25) is 14.4 Å². The minimum absolute atomic E-state index is 0.137. The summed E-state index contributed by atoms with van der Waals surface area (Å²) in [5.74, 6) is 1.40. The van der Waals surface area contributed by atoms with Crippen molar-refractivity contribution < 1.29 is 34.9 Å². The number of hydrogen-bond donors (Lipinski definition) is 7. The van der Waals surface area contributed by atoms with Gasteiger partial charge >= 0.3 is 0 Å². The van der Waals surface area contributed by atoms with Crippen LogP contribution in [0.4, 0.5) is 11.6 Å². The molecule has 1 aromatic carbocycles. The van der Waals surface area contributed by atoms with Crippen molar-refractivity contribution in [3.05, 3.63) is 48.7 Å². The molecule has 262 valence electrons. The first-order valence-electron chi connectivity index (χ1n) is 16.6. The van der Waals surface area contributed by atoms with Gasteiger partial charge in [-0.15, -0.1) is 0 Å². The number of carbonyl (C=O) groups is 1. The minimum Gasteiger partial charge on any atom is -0.394 e. The van der Waals surface area contributed by atoms with E-state index in [1.807, 2.05) is 22.0 Å². The molecule has 16 nitrogen and oxygen atoms in total. The molecule has 0 aliphatic carbocycles. The quantitative estimate of drug-likeness (QED) is 0.0609. The number of imidazole rings is 1. The average molecular weight is 678 g/mol. The zero-order valence-electron chi connectivity index (χ0n) is 27.7. The van der Waals surface area contributed by atoms with Gasteiger partial charge in [0.05, 0.1) is 38.0 Å². The summed E-state index contributed by atoms with van der Waals surface area (Å²) in [6, 6.07) is 8.27. The van der Waals surface area contributed by atoms with Crippen molar-refractivity contribution in [2.24, 2.45) is 0 Å². The second kappa shape index (κ2) is 14.6. The number of piperidine rings is 1. The van der Waals surface area contributed by atoms with Crippen molar-refractivity contribution in [1.82, 2.24) is 34.2 Å². The van der Waals surface area contributed by atoms with Crippen molar-refractivity contribution in [1.29, 1.82) is 0 Å². The molecule has 1 aliphatic rings. The number of aryl methyl sites for hydroxylation is 2. The van der Waals surface area contributed by atoms with Gasteiger partial charge in [-0.2, -0.15) is 5.10 Å². The fourth-order valence-electron chi connectivity index (χ4n) is 6.84. The Balaban J connectivity index is 1.18. The van der Waals surface area contributed by atoms with E-state index in [0.29, 0.717) is 43.2 Å². The van der Waals surface area contributed by atoms with Crippen LogP contribution in [0.2, 0.25) is 0 Å². The Bertz CT molecular complexity index is 1900. The second-order valence-corrected chi connectivity index (χ2v) is 12.5. The highest BCUT2D eigenvalue weighted by Gasteiger charge is 2.33. The van der Waals surface area contributed by atoms with Crippen LogP contribution in [-0.2, 0) is 24.4 Å². The van der Waals surface area contributed by atoms with Crippen LogP contribution >= 0.6 is 0 Å². The molecule has 5 aromatic rings. The molecule has 1 amide bonds. The molecule has 4 atom stereocenters. The van der Waals surface area contributed by atoms with E-state index in [-0.39, 0.29) is 24.9 Å². The predicted octanol–water partition coefficient (Wildman–Crippen LogP) is -0.0786. The van der Waals surface area contributed by atoms with Crippen LogP contribution in [-0.4, -0.2) is 117 Å². The molecule has 5 heterocycles. The molecule has 6 rings (SSSR count). The van der Waals surface area contributed by atoms with Gasteiger partial charge < -0.3 is 41.2 Å². The number of nitrogens with zero attached hydrogens (tertiary/aromatic N) is 8. The maximum atomic E-state index is 12.4. The summed E-state index contributed by atoms with van der Waals surface area (Å²) in [5.41, 5.74) is 11.5. The number of β-amino-alcohol motifs (C(OH)–C–C–N with tert-alkyl or cyclic N) is 1. The Labute approximate surface area is 282 Å². The largest absolute Gasteiger partial charge is 0.394 e. The number of H-pyrrole nitrogens is 1. The van der Waals surface area contributed by atoms with E-state index >= 15 is 0 Å². The SMILES string of the molecule is CCn1c(CN(C=O)c2nc3cc[nH]c3nc2N)[n+](CC)c2ccc(-c3cnn(C4CCN(C[C@H](O)[C@@H](O)[C@H](O)[C@H](O)CO)CC4)c3)cc21. The van der Waals surface area contributed by atoms with Crippen LogP contribution in [0.5, 0.6) is 0 Å². The fourth-order valence-corrected chi connectivity index (χ4v) is 6.84. The molecule has 0 unspecified atom stereocenters. The molecule has 1 saturated heterocycles. The Morgan fingerprint density at radius 3 is 2.53 bits per heavy atom. The lowest BCUT2D eigenvalue weighted by Gasteiger charge is -2.35. The van der Waals surface area contributed by atoms with Gasteiger partial charge in [0.25, 0.3) is 5.82 Å². The first kappa shape index (κ1) is 34.4. The summed E-state index contributed by atoms with van der Waals surface area (Å²) < 4.78 is 6.38. The fraction of sp³-hybridized carbons (Fsp3) is 0.485. The molecule has 0 saturated carbocycles. The zero-order valence-corrected chi connectivity index (χ0v) is 27.7. The lowest BCUT2D eigenvalue weighted by molar-refractivity contribution is -0.676. The molecule has 4 aromatic heterocycles. The molecule has 0 spiro atoms. The number of likely N-dealkylation sites (tertiary alicyclic amines) is 1. The van der Waals surface area contributed by atoms with Gasteiger partial charge in [0.15, 0.2) is 28.3 Å². The van der Waals surface area contributed by atoms with Gasteiger partial charge in [-0.1, -0.05) is 0 Å². The van der Waals surface area contributed by atoms with E-state index in [4.69, 9.17) is 15.9 Å². The molecule has 49 heavy (non-hydrogen) atoms. The summed E-state index contributed by atoms with van der Waals surface area (Å²) >= 11 is 0. The third-order valence-electron chi connectivity index (χ3n) is 9.55. The first-order chi connectivity index (χ1) is 23.7. The Morgan fingerprint density at radius 2 is 1.84 bits per heavy atom. The number of nitrogen functional groups attached to an aromatic ring is 1. The zero-order chi connectivity index (χ0) is 34.8. The van der Waals surface area contributed by atoms with Crippen LogP contribution in [0.1, 0.15) is 38.6 Å². The molecule has 1 fully saturated rings. The highest BCUT2D eigenvalue weighted by atomic mass is 16.4. The molecular formula is C33H45N10O6+. The van der Waals surface area contributed by atoms with E-state index in [1.54, 1.807) is 12.3 Å². The number of nitrogens with one attached hydrogen (secondary N) is 1. The molecule has 0 radical (unpaired) electrons. The van der Waals surface area contributed by atoms with E-state index in [1.165, 1.54) is 4.90 Å². The van der Waals surface area contributed by atoms with Crippen molar-refractivity contribution >= 4 is 40.2 Å². The number of fused-ring (bicyclic) bond motifs is 2. The van der Waals surface area contributed by atoms with Gasteiger partial charge in [0.1, 0.15) is 30.4 Å². The lowest BCUT2D eigenvalue weighted by atomic mass is 10.0. The van der Waals surface area contributed by atoms with Gasteiger partial charge in [0, 0.05) is 37.6 Å². The van der Waals surface area contributed by atoms with Gasteiger partial charge in [-0.25, -0.2) is 19.1 Å². The van der Waals surface area contributed by atoms with Crippen LogP contribution in [0.3, 0.4) is 0 Å². The number of nitrogens with two attached hydrogens (primary N) is 1. The number of hydrogen-bond acceptors (Lipinski definition) is 11. The normalized spacial score (nSPS) is 17.0. The topological polar surface area (TPSA) is 219 Å². The van der Waals surface area contributed by atoms with Crippen molar-refractivity contribution in [3.8, 4) is 11.1 Å². The molecular weight excluding hydrogens is 632 g/mol. The van der Waals surface area contributed by atoms with Crippen molar-refractivity contribution in [2.45, 2.75) is 76.8 Å². The number of anilines is 2. The maximum absolute atomic E-state index is 12.4. The third-order valence-corrected chi connectivity index (χ3v) is 9.55. The van der Waals surface area contributed by atoms with E-state index in [9.17, 15) is 25.2 Å². The van der Waals surface area contributed by atoms with Crippen LogP contribution in [0, 0.1) is 0 Å². The first-order valence-corrected chi connectivity index (χ1v) is 16.6. The summed E-state index contributed by atoms with van der Waals surface area (Å²) in [7, 11) is 0. The molecule has 0 bridgehead atoms. The van der Waals surface area contributed by atoms with E-state index < -0.39 is 31.0 Å². The summed E-state index contributed by atoms with van der Waals surface area (Å²) in [6.45, 7) is 6.52. The van der Waals surface area contributed by atoms with Crippen LogP contribution in [0.15, 0.2) is 42.9 Å². The van der Waals surface area contributed by atoms with Gasteiger partial charge in [-0.05, 0) is 56.5 Å². The number of aromatic amines is 1. The number of aromatic nitrogens is 7. The lowest BCUT2D eigenvalue weighted by Crippen LogP contribution is -2.50. The highest BCUT2D eigenvalue weighted by Crippen LogP contribution is 2.29. The molecule has 16 heteroatoms. The van der Waals surface area contributed by atoms with E-state index in [2.05, 4.69) is 56.1 Å². The average Bonchev–Trinajstić information content (AvgIpc) is 3.86. The summed E-state index contributed by atoms with van der Waals surface area (Å²) in [5, 5.41) is 53.8. The number of benzene rings is 1. The van der Waals surface area contributed by atoms with E-state index in [0.717, 1.165) is 47.2 Å². The van der Waals surface area contributed by atoms with Crippen molar-refractivity contribution in [3.63, 3.8) is 0 Å². The maximum Gasteiger partial charge on any atom is 0.277 e. The number of rotatable bonds is 14.